The van der Waals surface area contributed by atoms with E-state index in [1.165, 1.54) is 20.9 Å². The molecule has 10 heteroatoms. The van der Waals surface area contributed by atoms with Crippen molar-refractivity contribution in [3.05, 3.63) is 131 Å². The number of amides is 3. The smallest absolute Gasteiger partial charge is 0.259 e. The molecule has 2 aliphatic heterocycles. The molecule has 5 rings (SSSR count). The highest BCUT2D eigenvalue weighted by Gasteiger charge is 2.49. The molecule has 2 aliphatic rings. The summed E-state index contributed by atoms with van der Waals surface area (Å²) < 4.78 is 7.79. The van der Waals surface area contributed by atoms with Gasteiger partial charge in [0.2, 0.25) is 11.7 Å². The van der Waals surface area contributed by atoms with Crippen LogP contribution in [-0.4, -0.2) is 63.4 Å². The van der Waals surface area contributed by atoms with Crippen molar-refractivity contribution in [3.8, 4) is 0 Å². The van der Waals surface area contributed by atoms with Gasteiger partial charge in [-0.05, 0) is 77.0 Å². The molecule has 2 N–H and O–H groups in total. The maximum absolute atomic E-state index is 15.1. The third kappa shape index (κ3) is 9.92. The second-order valence-electron chi connectivity index (χ2n) is 15.7. The molecule has 0 bridgehead atoms. The van der Waals surface area contributed by atoms with Gasteiger partial charge in [0.25, 0.3) is 17.7 Å². The van der Waals surface area contributed by atoms with Gasteiger partial charge in [0.05, 0.1) is 22.7 Å². The number of aliphatic imine (C=N–C) groups is 1. The number of hydrogen-bond donors (Lipinski definition) is 1. The Morgan fingerprint density at radius 3 is 2.16 bits per heavy atom. The predicted octanol–water partition coefficient (Wildman–Crippen LogP) is 6.46. The van der Waals surface area contributed by atoms with Crippen molar-refractivity contribution in [2.75, 3.05) is 6.61 Å². The first-order chi connectivity index (χ1) is 26.2. The number of aromatic nitrogens is 1. The van der Waals surface area contributed by atoms with E-state index in [0.29, 0.717) is 17.7 Å². The predicted molar refractivity (Wildman–Crippen MR) is 214 cm³/mol. The molecule has 288 valence electrons. The topological polar surface area (TPSA) is 126 Å². The third-order valence-corrected chi connectivity index (χ3v) is 9.89. The van der Waals surface area contributed by atoms with E-state index < -0.39 is 41.1 Å². The summed E-state index contributed by atoms with van der Waals surface area (Å²) >= 11 is 0. The van der Waals surface area contributed by atoms with E-state index in [4.69, 9.17) is 10.5 Å². The molecule has 2 aromatic carbocycles. The Hall–Kier alpha value is -5.64. The number of ketones is 1. The van der Waals surface area contributed by atoms with E-state index >= 15 is 4.79 Å². The van der Waals surface area contributed by atoms with Gasteiger partial charge in [-0.2, -0.15) is 0 Å². The number of ether oxygens (including phenoxy) is 1. The molecular formula is C45H54N5O5+. The minimum Gasteiger partial charge on any atom is -0.473 e. The lowest BCUT2D eigenvalue weighted by Crippen LogP contribution is -2.62. The number of allylic oxidation sites excluding steroid dienone is 4. The van der Waals surface area contributed by atoms with E-state index in [1.54, 1.807) is 30.5 Å². The van der Waals surface area contributed by atoms with Gasteiger partial charge in [-0.15, -0.1) is 0 Å². The summed E-state index contributed by atoms with van der Waals surface area (Å²) in [5.74, 6) is -3.89. The zero-order valence-corrected chi connectivity index (χ0v) is 33.1. The van der Waals surface area contributed by atoms with Crippen LogP contribution in [0.4, 0.5) is 0 Å². The summed E-state index contributed by atoms with van der Waals surface area (Å²) in [4.78, 5) is 65.0. The highest BCUT2D eigenvalue weighted by atomic mass is 16.5. The number of carbonyl (C=O) groups is 4. The van der Waals surface area contributed by atoms with Crippen LogP contribution in [0.1, 0.15) is 82.8 Å². The highest BCUT2D eigenvalue weighted by molar-refractivity contribution is 6.38. The number of Topliss-reactive ketones (excluding diaryl/α,β-unsaturated/α-hetero) is 1. The molecular weight excluding hydrogens is 691 g/mol. The lowest BCUT2D eigenvalue weighted by Gasteiger charge is -2.45. The number of rotatable bonds is 15. The van der Waals surface area contributed by atoms with Crippen molar-refractivity contribution in [3.63, 3.8) is 0 Å². The van der Waals surface area contributed by atoms with E-state index in [1.807, 2.05) is 93.2 Å². The van der Waals surface area contributed by atoms with Gasteiger partial charge in [-0.25, -0.2) is 9.56 Å². The highest BCUT2D eigenvalue weighted by Crippen LogP contribution is 2.36. The minimum atomic E-state index is -1.44. The summed E-state index contributed by atoms with van der Waals surface area (Å²) in [6.07, 6.45) is 11.8. The van der Waals surface area contributed by atoms with Crippen LogP contribution in [0.2, 0.25) is 0 Å². The lowest BCUT2D eigenvalue weighted by molar-refractivity contribution is -0.687. The van der Waals surface area contributed by atoms with Crippen molar-refractivity contribution in [2.45, 2.75) is 91.9 Å². The Bertz CT molecular complexity index is 1990. The number of nitrogens with zero attached hydrogens (tertiary/aromatic N) is 4. The first-order valence-corrected chi connectivity index (χ1v) is 19.0. The first kappa shape index (κ1) is 40.5. The molecule has 0 radical (unpaired) electrons. The molecule has 0 saturated carbocycles. The van der Waals surface area contributed by atoms with E-state index in [-0.39, 0.29) is 36.4 Å². The third-order valence-electron chi connectivity index (χ3n) is 9.89. The van der Waals surface area contributed by atoms with Gasteiger partial charge >= 0.3 is 0 Å². The molecule has 0 saturated heterocycles. The molecule has 0 spiro atoms. The van der Waals surface area contributed by atoms with Crippen molar-refractivity contribution in [1.29, 1.82) is 0 Å². The fraction of sp³-hybridized carbons (Fsp3) is 0.378. The van der Waals surface area contributed by atoms with Gasteiger partial charge in [0.15, 0.2) is 18.9 Å². The average Bonchev–Trinajstić information content (AvgIpc) is 3.53. The summed E-state index contributed by atoms with van der Waals surface area (Å²) in [6.45, 7) is 14.6. The molecule has 1 aromatic heterocycles. The van der Waals surface area contributed by atoms with Crippen LogP contribution in [-0.2, 0) is 32.1 Å². The number of carbonyl (C=O) groups excluding carboxylic acids is 4. The van der Waals surface area contributed by atoms with Crippen LogP contribution < -0.4 is 10.3 Å². The molecule has 3 amide bonds. The maximum atomic E-state index is 15.1. The molecule has 3 heterocycles. The van der Waals surface area contributed by atoms with Crippen LogP contribution >= 0.6 is 0 Å². The standard InChI is InChI=1S/C45H53N5O5/c1-30(2)15-14-16-32(5)21-24-48-25-22-35(23-26-48)43(53)49-28-37(34-19-12-9-13-20-34)50(44(54)38(49)31(3)4)39(41(46)52)36(27-33-17-10-8-11-18-33)40(51)42-47-45(6,7)29-55-42/h8-13,15,17-23,25-26,28,31,36,38-39H,14,16,24,27,29H2,1-7H3,(H-,46,52)/p+1/b32-21+/t36?,38?,39-/m0/s1. The van der Waals surface area contributed by atoms with Crippen LogP contribution in [0.15, 0.2) is 120 Å². The second kappa shape index (κ2) is 17.7. The van der Waals surface area contributed by atoms with Crippen molar-refractivity contribution in [1.82, 2.24) is 9.80 Å². The van der Waals surface area contributed by atoms with Gasteiger partial charge in [-0.1, -0.05) is 91.7 Å². The van der Waals surface area contributed by atoms with Crippen molar-refractivity contribution >= 4 is 35.1 Å². The lowest BCUT2D eigenvalue weighted by atomic mass is 9.84. The van der Waals surface area contributed by atoms with Gasteiger partial charge in [-0.3, -0.25) is 24.1 Å². The van der Waals surface area contributed by atoms with Gasteiger partial charge in [0.1, 0.15) is 18.7 Å². The Morgan fingerprint density at radius 2 is 1.60 bits per heavy atom. The fourth-order valence-electron chi connectivity index (χ4n) is 6.97. The Labute approximate surface area is 325 Å². The quantitative estimate of drug-likeness (QED) is 0.141. The number of primary amides is 1. The fourth-order valence-corrected chi connectivity index (χ4v) is 6.97. The Balaban J connectivity index is 1.56. The Morgan fingerprint density at radius 1 is 0.964 bits per heavy atom. The summed E-state index contributed by atoms with van der Waals surface area (Å²) in [5.41, 5.74) is 10.2. The number of nitrogens with two attached hydrogens (primary N) is 1. The van der Waals surface area contributed by atoms with Crippen LogP contribution in [0, 0.1) is 11.8 Å². The van der Waals surface area contributed by atoms with Crippen molar-refractivity contribution in [2.24, 2.45) is 22.6 Å². The van der Waals surface area contributed by atoms with Gasteiger partial charge < -0.3 is 15.4 Å². The molecule has 55 heavy (non-hydrogen) atoms. The molecule has 3 atom stereocenters. The number of pyridine rings is 1. The summed E-state index contributed by atoms with van der Waals surface area (Å²) in [7, 11) is 0. The average molecular weight is 745 g/mol. The maximum Gasteiger partial charge on any atom is 0.259 e. The zero-order chi connectivity index (χ0) is 39.9. The zero-order valence-electron chi connectivity index (χ0n) is 33.1. The SMILES string of the molecule is CC(C)=CCC/C(C)=C/C[n+]1ccc(C(=O)N2C=C(c3ccccc3)N([C@H](C(N)=O)C(Cc3ccccc3)C(=O)C3=NC(C)(C)CO3)C(=O)C2C(C)C)cc1. The van der Waals surface area contributed by atoms with Crippen LogP contribution in [0.3, 0.4) is 0 Å². The monoisotopic (exact) mass is 744 g/mol. The van der Waals surface area contributed by atoms with Crippen molar-refractivity contribution < 1.29 is 28.5 Å². The van der Waals surface area contributed by atoms with E-state index in [2.05, 4.69) is 37.9 Å². The number of benzene rings is 2. The molecule has 10 nitrogen and oxygen atoms in total. The normalized spacial score (nSPS) is 17.9. The van der Waals surface area contributed by atoms with Gasteiger partial charge in [0, 0.05) is 18.3 Å². The van der Waals surface area contributed by atoms with E-state index in [0.717, 1.165) is 18.4 Å². The first-order valence-electron chi connectivity index (χ1n) is 19.0. The summed E-state index contributed by atoms with van der Waals surface area (Å²) in [5, 5.41) is 0. The largest absolute Gasteiger partial charge is 0.473 e. The van der Waals surface area contributed by atoms with E-state index in [9.17, 15) is 14.4 Å². The van der Waals surface area contributed by atoms with Crippen LogP contribution in [0.5, 0.6) is 0 Å². The van der Waals surface area contributed by atoms with Crippen LogP contribution in [0.25, 0.3) is 5.70 Å². The summed E-state index contributed by atoms with van der Waals surface area (Å²) in [6, 6.07) is 19.4. The Kier molecular flexibility index (Phi) is 13.0. The molecule has 3 aromatic rings. The molecule has 0 fully saturated rings. The molecule has 2 unspecified atom stereocenters. The minimum absolute atomic E-state index is 0.0884. The second-order valence-corrected chi connectivity index (χ2v) is 15.7. The number of hydrogen-bond acceptors (Lipinski definition) is 6. The molecule has 0 aliphatic carbocycles.